The lowest BCUT2D eigenvalue weighted by atomic mass is 10.0. The summed E-state index contributed by atoms with van der Waals surface area (Å²) in [6, 6.07) is 5.90. The lowest BCUT2D eigenvalue weighted by molar-refractivity contribution is -0.143. The zero-order valence-electron chi connectivity index (χ0n) is 12.7. The summed E-state index contributed by atoms with van der Waals surface area (Å²) in [5.41, 5.74) is 7.26. The monoisotopic (exact) mass is 357 g/mol. The van der Waals surface area contributed by atoms with Crippen molar-refractivity contribution in [3.63, 3.8) is 0 Å². The van der Waals surface area contributed by atoms with E-state index >= 15 is 0 Å². The van der Waals surface area contributed by atoms with Crippen molar-refractivity contribution >= 4 is 21.9 Å². The molecule has 5 heteroatoms. The first-order valence-corrected chi connectivity index (χ1v) is 8.21. The highest BCUT2D eigenvalue weighted by atomic mass is 79.9. The van der Waals surface area contributed by atoms with Crippen LogP contribution in [0.5, 0.6) is 5.75 Å². The summed E-state index contributed by atoms with van der Waals surface area (Å²) in [5.74, 6) is 0.700. The van der Waals surface area contributed by atoms with Crippen molar-refractivity contribution in [1.29, 1.82) is 0 Å². The Labute approximate surface area is 135 Å². The van der Waals surface area contributed by atoms with Gasteiger partial charge in [-0.2, -0.15) is 0 Å². The van der Waals surface area contributed by atoms with Gasteiger partial charge in [0, 0.05) is 12.5 Å². The Morgan fingerprint density at radius 1 is 1.29 bits per heavy atom. The zero-order chi connectivity index (χ0) is 15.7. The van der Waals surface area contributed by atoms with Crippen LogP contribution < -0.4 is 10.5 Å². The van der Waals surface area contributed by atoms with E-state index in [-0.39, 0.29) is 12.0 Å². The molecule has 0 radical (unpaired) electrons. The van der Waals surface area contributed by atoms with Crippen LogP contribution in [-0.4, -0.2) is 19.2 Å². The molecule has 21 heavy (non-hydrogen) atoms. The minimum atomic E-state index is -0.130. The fourth-order valence-corrected chi connectivity index (χ4v) is 2.56. The number of rotatable bonds is 9. The molecule has 2 N–H and O–H groups in total. The van der Waals surface area contributed by atoms with Gasteiger partial charge in [-0.25, -0.2) is 0 Å². The van der Waals surface area contributed by atoms with Crippen LogP contribution in [0.25, 0.3) is 0 Å². The molecule has 1 aromatic carbocycles. The van der Waals surface area contributed by atoms with E-state index in [1.165, 1.54) is 0 Å². The topological polar surface area (TPSA) is 61.5 Å². The average molecular weight is 358 g/mol. The number of esters is 1. The Bertz CT molecular complexity index is 451. The zero-order valence-corrected chi connectivity index (χ0v) is 14.3. The molecule has 0 aliphatic heterocycles. The summed E-state index contributed by atoms with van der Waals surface area (Å²) in [5, 5.41) is 0. The largest absolute Gasteiger partial charge is 0.493 e. The molecule has 1 aromatic rings. The molecular formula is C16H24BrNO3. The molecule has 1 rings (SSSR count). The maximum absolute atomic E-state index is 11.2. The second kappa shape index (κ2) is 9.79. The number of hydrogen-bond acceptors (Lipinski definition) is 4. The minimum Gasteiger partial charge on any atom is -0.493 e. The summed E-state index contributed by atoms with van der Waals surface area (Å²) in [7, 11) is 0. The van der Waals surface area contributed by atoms with E-state index in [0.717, 1.165) is 35.0 Å². The van der Waals surface area contributed by atoms with Crippen molar-refractivity contribution in [1.82, 2.24) is 0 Å². The summed E-state index contributed by atoms with van der Waals surface area (Å²) < 4.78 is 11.3. The highest BCUT2D eigenvalue weighted by Gasteiger charge is 2.10. The number of halogens is 1. The van der Waals surface area contributed by atoms with Gasteiger partial charge in [-0.1, -0.05) is 12.5 Å². The molecule has 0 saturated heterocycles. The van der Waals surface area contributed by atoms with Gasteiger partial charge in [-0.15, -0.1) is 0 Å². The molecule has 0 bridgehead atoms. The smallest absolute Gasteiger partial charge is 0.305 e. The summed E-state index contributed by atoms with van der Waals surface area (Å²) in [6.07, 6.45) is 3.03. The lowest BCUT2D eigenvalue weighted by Crippen LogP contribution is -2.11. The van der Waals surface area contributed by atoms with E-state index in [1.807, 2.05) is 32.0 Å². The van der Waals surface area contributed by atoms with Crippen LogP contribution in [0.3, 0.4) is 0 Å². The first kappa shape index (κ1) is 18.0. The number of carbonyl (C=O) groups excluding carboxylic acids is 1. The third kappa shape index (κ3) is 6.48. The van der Waals surface area contributed by atoms with E-state index in [9.17, 15) is 4.79 Å². The Balaban J connectivity index is 2.40. The molecule has 0 spiro atoms. The predicted molar refractivity (Wildman–Crippen MR) is 87.3 cm³/mol. The maximum Gasteiger partial charge on any atom is 0.305 e. The molecule has 4 nitrogen and oxygen atoms in total. The van der Waals surface area contributed by atoms with Crippen molar-refractivity contribution < 1.29 is 14.3 Å². The SMILES string of the molecule is CCOC(=O)CCCCC(N)c1ccc(OCC)c(Br)c1. The van der Waals surface area contributed by atoms with E-state index in [0.29, 0.717) is 19.6 Å². The highest BCUT2D eigenvalue weighted by Crippen LogP contribution is 2.29. The van der Waals surface area contributed by atoms with E-state index in [4.69, 9.17) is 15.2 Å². The van der Waals surface area contributed by atoms with Gasteiger partial charge in [0.15, 0.2) is 0 Å². The predicted octanol–water partition coefficient (Wildman–Crippen LogP) is 3.97. The number of unbranched alkanes of at least 4 members (excludes halogenated alkanes) is 1. The van der Waals surface area contributed by atoms with E-state index in [2.05, 4.69) is 15.9 Å². The normalized spacial score (nSPS) is 12.0. The molecule has 0 aliphatic rings. The fraction of sp³-hybridized carbons (Fsp3) is 0.562. The Morgan fingerprint density at radius 3 is 2.67 bits per heavy atom. The molecule has 0 amide bonds. The van der Waals surface area contributed by atoms with Crippen LogP contribution in [0, 0.1) is 0 Å². The van der Waals surface area contributed by atoms with Crippen LogP contribution >= 0.6 is 15.9 Å². The average Bonchev–Trinajstić information content (AvgIpc) is 2.46. The Morgan fingerprint density at radius 2 is 2.05 bits per heavy atom. The number of nitrogens with two attached hydrogens (primary N) is 1. The second-order valence-corrected chi connectivity index (χ2v) is 5.63. The molecule has 118 valence electrons. The highest BCUT2D eigenvalue weighted by molar-refractivity contribution is 9.10. The third-order valence-corrected chi connectivity index (χ3v) is 3.75. The van der Waals surface area contributed by atoms with Crippen LogP contribution in [0.4, 0.5) is 0 Å². The Hall–Kier alpha value is -1.07. The van der Waals surface area contributed by atoms with Gasteiger partial charge in [0.1, 0.15) is 5.75 Å². The standard InChI is InChI=1S/C16H24BrNO3/c1-3-20-15-10-9-12(11-13(15)17)14(18)7-5-6-8-16(19)21-4-2/h9-11,14H,3-8,18H2,1-2H3. The van der Waals surface area contributed by atoms with Crippen LogP contribution in [0.15, 0.2) is 22.7 Å². The van der Waals surface area contributed by atoms with Gasteiger partial charge in [-0.05, 0) is 60.3 Å². The summed E-state index contributed by atoms with van der Waals surface area (Å²) >= 11 is 3.49. The third-order valence-electron chi connectivity index (χ3n) is 3.14. The molecular weight excluding hydrogens is 334 g/mol. The summed E-state index contributed by atoms with van der Waals surface area (Å²) in [6.45, 7) is 4.85. The van der Waals surface area contributed by atoms with Gasteiger partial charge >= 0.3 is 5.97 Å². The van der Waals surface area contributed by atoms with Crippen LogP contribution in [0.1, 0.15) is 51.1 Å². The number of ether oxygens (including phenoxy) is 2. The number of benzene rings is 1. The summed E-state index contributed by atoms with van der Waals surface area (Å²) in [4.78, 5) is 11.2. The fourth-order valence-electron chi connectivity index (χ4n) is 2.05. The van der Waals surface area contributed by atoms with Gasteiger partial charge < -0.3 is 15.2 Å². The van der Waals surface area contributed by atoms with Crippen molar-refractivity contribution in [2.75, 3.05) is 13.2 Å². The first-order chi connectivity index (χ1) is 10.1. The molecule has 0 saturated carbocycles. The van der Waals surface area contributed by atoms with E-state index < -0.39 is 0 Å². The van der Waals surface area contributed by atoms with Crippen molar-refractivity contribution in [2.24, 2.45) is 5.73 Å². The Kier molecular flexibility index (Phi) is 8.38. The van der Waals surface area contributed by atoms with Gasteiger partial charge in [0.25, 0.3) is 0 Å². The molecule has 0 aliphatic carbocycles. The minimum absolute atomic E-state index is 0.0285. The van der Waals surface area contributed by atoms with Crippen molar-refractivity contribution in [2.45, 2.75) is 45.6 Å². The first-order valence-electron chi connectivity index (χ1n) is 7.41. The lowest BCUT2D eigenvalue weighted by Gasteiger charge is -2.14. The molecule has 1 unspecified atom stereocenters. The van der Waals surface area contributed by atoms with Gasteiger partial charge in [0.2, 0.25) is 0 Å². The molecule has 1 atom stereocenters. The number of carbonyl (C=O) groups is 1. The number of hydrogen-bond donors (Lipinski definition) is 1. The van der Waals surface area contributed by atoms with Crippen LogP contribution in [0.2, 0.25) is 0 Å². The van der Waals surface area contributed by atoms with Crippen LogP contribution in [-0.2, 0) is 9.53 Å². The van der Waals surface area contributed by atoms with Crippen molar-refractivity contribution in [3.8, 4) is 5.75 Å². The second-order valence-electron chi connectivity index (χ2n) is 4.78. The van der Waals surface area contributed by atoms with Crippen molar-refractivity contribution in [3.05, 3.63) is 28.2 Å². The van der Waals surface area contributed by atoms with Gasteiger partial charge in [-0.3, -0.25) is 4.79 Å². The van der Waals surface area contributed by atoms with Gasteiger partial charge in [0.05, 0.1) is 17.7 Å². The quantitative estimate of drug-likeness (QED) is 0.536. The van der Waals surface area contributed by atoms with E-state index in [1.54, 1.807) is 0 Å². The molecule has 0 heterocycles. The molecule has 0 aromatic heterocycles. The molecule has 0 fully saturated rings. The maximum atomic E-state index is 11.2.